The molecule has 0 bridgehead atoms. The van der Waals surface area contributed by atoms with Crippen LogP contribution in [0.2, 0.25) is 20.1 Å². The number of carbonyl (C=O) groups is 1. The summed E-state index contributed by atoms with van der Waals surface area (Å²) in [4.78, 5) is 22.1. The summed E-state index contributed by atoms with van der Waals surface area (Å²) in [6.45, 7) is -0.0901. The Morgan fingerprint density at radius 1 is 0.943 bits per heavy atom. The van der Waals surface area contributed by atoms with Crippen LogP contribution in [0.3, 0.4) is 0 Å². The number of rotatable bonds is 8. The van der Waals surface area contributed by atoms with Gasteiger partial charge in [0.25, 0.3) is 5.60 Å². The van der Waals surface area contributed by atoms with E-state index in [1.165, 1.54) is 24.4 Å². The van der Waals surface area contributed by atoms with Crippen LogP contribution in [-0.2, 0) is 10.4 Å². The first-order valence-corrected chi connectivity index (χ1v) is 11.7. The molecule has 0 radical (unpaired) electrons. The lowest BCUT2D eigenvalue weighted by molar-refractivity contribution is -0.131. The number of para-hydroxylation sites is 1. The lowest BCUT2D eigenvalue weighted by Crippen LogP contribution is -2.41. The summed E-state index contributed by atoms with van der Waals surface area (Å²) in [5, 5.41) is 11.4. The van der Waals surface area contributed by atoms with Gasteiger partial charge in [-0.1, -0.05) is 64.6 Å². The van der Waals surface area contributed by atoms with Crippen molar-refractivity contribution in [2.24, 2.45) is 0 Å². The summed E-state index contributed by atoms with van der Waals surface area (Å²) < 4.78 is 11.6. The average molecular weight is 547 g/mol. The fourth-order valence-corrected chi connectivity index (χ4v) is 4.22. The Morgan fingerprint density at radius 2 is 1.69 bits per heavy atom. The molecule has 0 saturated carbocycles. The Labute approximate surface area is 220 Å². The SMILES string of the molecule is N#CC(Oc1ccccc1Cl)(C(=O)CCOc1cnc2cc(Cl)ccc2n1)c1ccc(Cl)cc1Cl. The molecule has 10 heteroatoms. The van der Waals surface area contributed by atoms with Gasteiger partial charge >= 0.3 is 0 Å². The molecule has 1 atom stereocenters. The van der Waals surface area contributed by atoms with E-state index in [4.69, 9.17) is 55.9 Å². The van der Waals surface area contributed by atoms with Gasteiger partial charge in [-0.05, 0) is 42.5 Å². The van der Waals surface area contributed by atoms with Crippen molar-refractivity contribution in [2.45, 2.75) is 12.0 Å². The molecular formula is C25H15Cl4N3O3. The monoisotopic (exact) mass is 545 g/mol. The van der Waals surface area contributed by atoms with E-state index in [0.29, 0.717) is 21.1 Å². The van der Waals surface area contributed by atoms with Gasteiger partial charge in [0.1, 0.15) is 11.8 Å². The standard InChI is InChI=1S/C25H15Cl4N3O3/c26-15-5-7-17(19(29)11-15)25(14-30,35-22-4-2-1-3-18(22)28)23(33)9-10-34-24-13-31-21-12-16(27)6-8-20(21)32-24/h1-8,11-13H,9-10H2. The van der Waals surface area contributed by atoms with Crippen molar-refractivity contribution < 1.29 is 14.3 Å². The van der Waals surface area contributed by atoms with Gasteiger partial charge in [0.15, 0.2) is 5.78 Å². The fourth-order valence-electron chi connectivity index (χ4n) is 3.34. The molecule has 176 valence electrons. The summed E-state index contributed by atoms with van der Waals surface area (Å²) in [5.74, 6) is -0.230. The molecule has 6 nitrogen and oxygen atoms in total. The summed E-state index contributed by atoms with van der Waals surface area (Å²) in [7, 11) is 0. The number of hydrogen-bond donors (Lipinski definition) is 0. The quantitative estimate of drug-likeness (QED) is 0.235. The average Bonchev–Trinajstić information content (AvgIpc) is 2.84. The molecule has 0 amide bonds. The van der Waals surface area contributed by atoms with E-state index in [0.717, 1.165) is 0 Å². The van der Waals surface area contributed by atoms with Crippen molar-refractivity contribution in [1.29, 1.82) is 5.26 Å². The zero-order chi connectivity index (χ0) is 25.0. The molecule has 1 aromatic heterocycles. The van der Waals surface area contributed by atoms with Crippen molar-refractivity contribution in [2.75, 3.05) is 6.61 Å². The molecule has 1 heterocycles. The number of aromatic nitrogens is 2. The molecule has 0 aliphatic rings. The van der Waals surface area contributed by atoms with Crippen LogP contribution < -0.4 is 9.47 Å². The van der Waals surface area contributed by atoms with Crippen LogP contribution in [0.4, 0.5) is 0 Å². The van der Waals surface area contributed by atoms with E-state index in [-0.39, 0.29) is 40.3 Å². The van der Waals surface area contributed by atoms with Crippen LogP contribution in [0.5, 0.6) is 11.6 Å². The van der Waals surface area contributed by atoms with Crippen LogP contribution in [0.15, 0.2) is 66.9 Å². The van der Waals surface area contributed by atoms with Gasteiger partial charge in [-0.2, -0.15) is 5.26 Å². The number of nitriles is 1. The van der Waals surface area contributed by atoms with Crippen LogP contribution in [0.25, 0.3) is 11.0 Å². The van der Waals surface area contributed by atoms with Crippen LogP contribution in [0, 0.1) is 11.3 Å². The number of Topliss-reactive ketones (excluding diaryl/α,β-unsaturated/α-hetero) is 1. The second kappa shape index (κ2) is 10.7. The summed E-state index contributed by atoms with van der Waals surface area (Å²) in [6, 6.07) is 18.0. The third kappa shape index (κ3) is 5.44. The summed E-state index contributed by atoms with van der Waals surface area (Å²) in [6.07, 6.45) is 1.23. The van der Waals surface area contributed by atoms with E-state index < -0.39 is 11.4 Å². The van der Waals surface area contributed by atoms with Gasteiger partial charge in [-0.25, -0.2) is 9.97 Å². The van der Waals surface area contributed by atoms with Crippen molar-refractivity contribution in [1.82, 2.24) is 9.97 Å². The van der Waals surface area contributed by atoms with E-state index in [9.17, 15) is 10.1 Å². The Bertz CT molecular complexity index is 1460. The van der Waals surface area contributed by atoms with Crippen LogP contribution >= 0.6 is 46.4 Å². The zero-order valence-corrected chi connectivity index (χ0v) is 20.9. The Balaban J connectivity index is 1.60. The van der Waals surface area contributed by atoms with Gasteiger partial charge in [0.2, 0.25) is 5.88 Å². The molecule has 4 rings (SSSR count). The van der Waals surface area contributed by atoms with Crippen molar-refractivity contribution >= 4 is 63.2 Å². The van der Waals surface area contributed by atoms with Gasteiger partial charge in [-0.3, -0.25) is 4.79 Å². The second-order valence-electron chi connectivity index (χ2n) is 7.31. The van der Waals surface area contributed by atoms with E-state index in [1.807, 2.05) is 6.07 Å². The highest BCUT2D eigenvalue weighted by atomic mass is 35.5. The molecular weight excluding hydrogens is 532 g/mol. The van der Waals surface area contributed by atoms with Gasteiger partial charge in [-0.15, -0.1) is 0 Å². The molecule has 0 fully saturated rings. The van der Waals surface area contributed by atoms with E-state index in [2.05, 4.69) is 9.97 Å². The number of ether oxygens (including phenoxy) is 2. The topological polar surface area (TPSA) is 85.1 Å². The predicted octanol–water partition coefficient (Wildman–Crippen LogP) is 7.08. The molecule has 0 aliphatic carbocycles. The third-order valence-corrected chi connectivity index (χ3v) is 6.12. The number of halogens is 4. The maximum Gasteiger partial charge on any atom is 0.279 e. The maximum atomic E-state index is 13.5. The first-order chi connectivity index (χ1) is 16.8. The number of carbonyl (C=O) groups excluding carboxylic acids is 1. The highest BCUT2D eigenvalue weighted by Gasteiger charge is 2.45. The second-order valence-corrected chi connectivity index (χ2v) is 9.00. The third-order valence-electron chi connectivity index (χ3n) is 5.02. The molecule has 0 spiro atoms. The number of benzene rings is 3. The lowest BCUT2D eigenvalue weighted by atomic mass is 9.88. The molecule has 0 saturated heterocycles. The number of ketones is 1. The largest absolute Gasteiger partial charge is 0.476 e. The lowest BCUT2D eigenvalue weighted by Gasteiger charge is -2.28. The molecule has 0 N–H and O–H groups in total. The summed E-state index contributed by atoms with van der Waals surface area (Å²) in [5.41, 5.74) is -0.769. The number of hydrogen-bond acceptors (Lipinski definition) is 6. The molecule has 3 aromatic carbocycles. The highest BCUT2D eigenvalue weighted by Crippen LogP contribution is 2.38. The van der Waals surface area contributed by atoms with Gasteiger partial charge in [0, 0.05) is 22.0 Å². The minimum Gasteiger partial charge on any atom is -0.476 e. The van der Waals surface area contributed by atoms with Crippen molar-refractivity contribution in [3.8, 4) is 17.7 Å². The van der Waals surface area contributed by atoms with Gasteiger partial charge < -0.3 is 9.47 Å². The smallest absolute Gasteiger partial charge is 0.279 e. The summed E-state index contributed by atoms with van der Waals surface area (Å²) >= 11 is 24.6. The van der Waals surface area contributed by atoms with Crippen molar-refractivity contribution in [3.63, 3.8) is 0 Å². The molecule has 1 unspecified atom stereocenters. The first-order valence-electron chi connectivity index (χ1n) is 10.2. The maximum absolute atomic E-state index is 13.5. The Hall–Kier alpha value is -3.08. The number of fused-ring (bicyclic) bond motifs is 1. The van der Waals surface area contributed by atoms with Crippen LogP contribution in [-0.4, -0.2) is 22.4 Å². The van der Waals surface area contributed by atoms with Crippen molar-refractivity contribution in [3.05, 3.63) is 92.5 Å². The molecule has 4 aromatic rings. The highest BCUT2D eigenvalue weighted by molar-refractivity contribution is 6.35. The zero-order valence-electron chi connectivity index (χ0n) is 17.8. The Morgan fingerprint density at radius 3 is 2.43 bits per heavy atom. The molecule has 0 aliphatic heterocycles. The number of nitrogens with zero attached hydrogens (tertiary/aromatic N) is 3. The normalized spacial score (nSPS) is 12.5. The van der Waals surface area contributed by atoms with E-state index in [1.54, 1.807) is 42.5 Å². The minimum atomic E-state index is -2.10. The van der Waals surface area contributed by atoms with Crippen LogP contribution in [0.1, 0.15) is 12.0 Å². The fraction of sp³-hybridized carbons (Fsp3) is 0.120. The molecule has 35 heavy (non-hydrogen) atoms. The minimum absolute atomic E-state index is 0.0901. The van der Waals surface area contributed by atoms with E-state index >= 15 is 0 Å². The first kappa shape index (κ1) is 25.0. The predicted molar refractivity (Wildman–Crippen MR) is 135 cm³/mol. The Kier molecular flexibility index (Phi) is 7.63. The van der Waals surface area contributed by atoms with Gasteiger partial charge in [0.05, 0.1) is 33.9 Å².